The second kappa shape index (κ2) is 9.13. The third-order valence-electron chi connectivity index (χ3n) is 4.62. The summed E-state index contributed by atoms with van der Waals surface area (Å²) >= 11 is 0. The molecule has 0 radical (unpaired) electrons. The first-order chi connectivity index (χ1) is 13.5. The van der Waals surface area contributed by atoms with E-state index in [-0.39, 0.29) is 5.91 Å². The highest BCUT2D eigenvalue weighted by Crippen LogP contribution is 2.18. The van der Waals surface area contributed by atoms with Crippen LogP contribution in [0.15, 0.2) is 54.6 Å². The van der Waals surface area contributed by atoms with Crippen molar-refractivity contribution < 1.29 is 4.79 Å². The number of amides is 1. The fourth-order valence-corrected chi connectivity index (χ4v) is 2.92. The van der Waals surface area contributed by atoms with Crippen molar-refractivity contribution in [2.24, 2.45) is 0 Å². The van der Waals surface area contributed by atoms with Crippen LogP contribution in [0.5, 0.6) is 0 Å². The Morgan fingerprint density at radius 3 is 2.46 bits per heavy atom. The summed E-state index contributed by atoms with van der Waals surface area (Å²) in [6, 6.07) is 18.0. The molecule has 0 fully saturated rings. The Morgan fingerprint density at radius 1 is 0.929 bits per heavy atom. The van der Waals surface area contributed by atoms with Crippen LogP contribution in [0.25, 0.3) is 0 Å². The highest BCUT2D eigenvalue weighted by atomic mass is 16.1. The zero-order chi connectivity index (χ0) is 19.9. The molecule has 1 aromatic heterocycles. The molecule has 1 heterocycles. The average molecular weight is 374 g/mol. The van der Waals surface area contributed by atoms with Crippen LogP contribution in [0.2, 0.25) is 0 Å². The van der Waals surface area contributed by atoms with E-state index >= 15 is 0 Å². The Kier molecular flexibility index (Phi) is 6.37. The number of hydrogen-bond donors (Lipinski definition) is 2. The van der Waals surface area contributed by atoms with Crippen molar-refractivity contribution in [3.05, 3.63) is 82.7 Å². The number of carbonyl (C=O) groups is 1. The third-order valence-corrected chi connectivity index (χ3v) is 4.62. The van der Waals surface area contributed by atoms with E-state index in [1.54, 1.807) is 6.07 Å². The summed E-state index contributed by atoms with van der Waals surface area (Å²) in [4.78, 5) is 21.3. The van der Waals surface area contributed by atoms with Crippen LogP contribution < -0.4 is 10.6 Å². The first-order valence-corrected chi connectivity index (χ1v) is 9.53. The lowest BCUT2D eigenvalue weighted by atomic mass is 10.1. The van der Waals surface area contributed by atoms with Gasteiger partial charge in [-0.3, -0.25) is 4.79 Å². The number of aromatic nitrogens is 2. The standard InChI is InChI=1S/C23H26N4O/c1-16-11-12-20(14-17(16)2)26-23-25-18(3)15-21(27-23)22(28)24-13-7-10-19-8-5-4-6-9-19/h4-6,8-9,11-12,14-15H,7,10,13H2,1-3H3,(H,24,28)(H,25,26,27). The first-order valence-electron chi connectivity index (χ1n) is 9.53. The van der Waals surface area contributed by atoms with E-state index in [1.165, 1.54) is 16.7 Å². The van der Waals surface area contributed by atoms with Crippen molar-refractivity contribution in [2.75, 3.05) is 11.9 Å². The Morgan fingerprint density at radius 2 is 1.71 bits per heavy atom. The highest BCUT2D eigenvalue weighted by Gasteiger charge is 2.10. The third kappa shape index (κ3) is 5.39. The molecule has 2 N–H and O–H groups in total. The van der Waals surface area contributed by atoms with Crippen molar-refractivity contribution in [1.29, 1.82) is 0 Å². The lowest BCUT2D eigenvalue weighted by Gasteiger charge is -2.10. The fraction of sp³-hybridized carbons (Fsp3) is 0.261. The van der Waals surface area contributed by atoms with Gasteiger partial charge in [-0.15, -0.1) is 0 Å². The topological polar surface area (TPSA) is 66.9 Å². The van der Waals surface area contributed by atoms with E-state index in [9.17, 15) is 4.79 Å². The SMILES string of the molecule is Cc1cc(C(=O)NCCCc2ccccc2)nc(Nc2ccc(C)c(C)c2)n1. The van der Waals surface area contributed by atoms with E-state index in [1.807, 2.05) is 43.3 Å². The second-order valence-electron chi connectivity index (χ2n) is 6.99. The summed E-state index contributed by atoms with van der Waals surface area (Å²) in [5.74, 6) is 0.249. The predicted molar refractivity (Wildman–Crippen MR) is 113 cm³/mol. The molecule has 0 saturated carbocycles. The maximum Gasteiger partial charge on any atom is 0.270 e. The lowest BCUT2D eigenvalue weighted by molar-refractivity contribution is 0.0948. The molecule has 3 rings (SSSR count). The molecule has 144 valence electrons. The molecule has 1 amide bonds. The normalized spacial score (nSPS) is 10.5. The molecule has 0 bridgehead atoms. The predicted octanol–water partition coefficient (Wildman–Crippen LogP) is 4.51. The zero-order valence-electron chi connectivity index (χ0n) is 16.6. The summed E-state index contributed by atoms with van der Waals surface area (Å²) in [5, 5.41) is 6.14. The second-order valence-corrected chi connectivity index (χ2v) is 6.99. The van der Waals surface area contributed by atoms with Gasteiger partial charge in [0, 0.05) is 17.9 Å². The van der Waals surface area contributed by atoms with Crippen LogP contribution >= 0.6 is 0 Å². The average Bonchev–Trinajstić information content (AvgIpc) is 2.68. The minimum atomic E-state index is -0.179. The number of carbonyl (C=O) groups excluding carboxylic acids is 1. The van der Waals surface area contributed by atoms with Gasteiger partial charge in [-0.1, -0.05) is 36.4 Å². The van der Waals surface area contributed by atoms with Crippen molar-refractivity contribution in [2.45, 2.75) is 33.6 Å². The van der Waals surface area contributed by atoms with Gasteiger partial charge in [0.25, 0.3) is 5.91 Å². The monoisotopic (exact) mass is 374 g/mol. The summed E-state index contributed by atoms with van der Waals surface area (Å²) in [5.41, 5.74) is 5.71. The van der Waals surface area contributed by atoms with Gasteiger partial charge < -0.3 is 10.6 Å². The number of nitrogens with zero attached hydrogens (tertiary/aromatic N) is 2. The largest absolute Gasteiger partial charge is 0.351 e. The number of hydrogen-bond acceptors (Lipinski definition) is 4. The van der Waals surface area contributed by atoms with Gasteiger partial charge in [0.1, 0.15) is 5.69 Å². The molecule has 0 spiro atoms. The molecule has 0 aliphatic heterocycles. The van der Waals surface area contributed by atoms with E-state index < -0.39 is 0 Å². The van der Waals surface area contributed by atoms with Gasteiger partial charge >= 0.3 is 0 Å². The Balaban J connectivity index is 1.60. The number of anilines is 2. The molecular weight excluding hydrogens is 348 g/mol. The van der Waals surface area contributed by atoms with E-state index in [0.717, 1.165) is 24.2 Å². The molecule has 0 atom stereocenters. The quantitative estimate of drug-likeness (QED) is 0.597. The Hall–Kier alpha value is -3.21. The Bertz CT molecular complexity index is 954. The molecule has 2 aromatic carbocycles. The maximum atomic E-state index is 12.5. The minimum Gasteiger partial charge on any atom is -0.351 e. The zero-order valence-corrected chi connectivity index (χ0v) is 16.6. The van der Waals surface area contributed by atoms with Gasteiger partial charge in [0.15, 0.2) is 0 Å². The number of aryl methyl sites for hydroxylation is 4. The van der Waals surface area contributed by atoms with Crippen LogP contribution in [0, 0.1) is 20.8 Å². The molecule has 28 heavy (non-hydrogen) atoms. The van der Waals surface area contributed by atoms with E-state index in [0.29, 0.717) is 18.2 Å². The van der Waals surface area contributed by atoms with Gasteiger partial charge in [-0.25, -0.2) is 9.97 Å². The summed E-state index contributed by atoms with van der Waals surface area (Å²) < 4.78 is 0. The number of benzene rings is 2. The van der Waals surface area contributed by atoms with Gasteiger partial charge in [0.05, 0.1) is 0 Å². The summed E-state index contributed by atoms with van der Waals surface area (Å²) in [7, 11) is 0. The molecule has 3 aromatic rings. The first kappa shape index (κ1) is 19.5. The molecule has 0 aliphatic rings. The van der Waals surface area contributed by atoms with Crippen LogP contribution in [0.1, 0.15) is 39.3 Å². The number of nitrogens with one attached hydrogen (secondary N) is 2. The molecule has 0 aliphatic carbocycles. The summed E-state index contributed by atoms with van der Waals surface area (Å²) in [6.07, 6.45) is 1.82. The number of rotatable bonds is 7. The lowest BCUT2D eigenvalue weighted by Crippen LogP contribution is -2.26. The molecule has 5 nitrogen and oxygen atoms in total. The fourth-order valence-electron chi connectivity index (χ4n) is 2.92. The van der Waals surface area contributed by atoms with Crippen LogP contribution in [-0.2, 0) is 6.42 Å². The van der Waals surface area contributed by atoms with Gasteiger partial charge in [-0.2, -0.15) is 0 Å². The molecule has 0 unspecified atom stereocenters. The smallest absolute Gasteiger partial charge is 0.270 e. The molecular formula is C23H26N4O. The summed E-state index contributed by atoms with van der Waals surface area (Å²) in [6.45, 7) is 6.60. The van der Waals surface area contributed by atoms with Crippen LogP contribution in [0.4, 0.5) is 11.6 Å². The highest BCUT2D eigenvalue weighted by molar-refractivity contribution is 5.92. The van der Waals surface area contributed by atoms with E-state index in [4.69, 9.17) is 0 Å². The molecule has 5 heteroatoms. The minimum absolute atomic E-state index is 0.179. The van der Waals surface area contributed by atoms with Crippen molar-refractivity contribution >= 4 is 17.5 Å². The maximum absolute atomic E-state index is 12.5. The Labute approximate surface area is 166 Å². The van der Waals surface area contributed by atoms with Crippen LogP contribution in [-0.4, -0.2) is 22.4 Å². The van der Waals surface area contributed by atoms with Gasteiger partial charge in [0.2, 0.25) is 5.95 Å². The van der Waals surface area contributed by atoms with Crippen LogP contribution in [0.3, 0.4) is 0 Å². The van der Waals surface area contributed by atoms with E-state index in [2.05, 4.69) is 46.6 Å². The van der Waals surface area contributed by atoms with Gasteiger partial charge in [-0.05, 0) is 68.5 Å². The van der Waals surface area contributed by atoms with Crippen molar-refractivity contribution in [3.8, 4) is 0 Å². The molecule has 0 saturated heterocycles. The van der Waals surface area contributed by atoms with Crippen molar-refractivity contribution in [3.63, 3.8) is 0 Å². The van der Waals surface area contributed by atoms with Crippen molar-refractivity contribution in [1.82, 2.24) is 15.3 Å².